The molecule has 5 heterocycles. The first-order valence-corrected chi connectivity index (χ1v) is 14.5. The number of imide groups is 1. The van der Waals surface area contributed by atoms with Gasteiger partial charge in [0.1, 0.15) is 17.4 Å². The van der Waals surface area contributed by atoms with Gasteiger partial charge in [0.2, 0.25) is 5.91 Å². The number of hydrogen-bond acceptors (Lipinski definition) is 6. The van der Waals surface area contributed by atoms with Gasteiger partial charge in [-0.25, -0.2) is 19.0 Å². The highest BCUT2D eigenvalue weighted by Gasteiger charge is 2.34. The lowest BCUT2D eigenvalue weighted by atomic mass is 9.94. The molecule has 0 spiro atoms. The number of aromatic nitrogens is 2. The average Bonchev–Trinajstić information content (AvgIpc) is 3.26. The van der Waals surface area contributed by atoms with Gasteiger partial charge in [-0.05, 0) is 64.0 Å². The molecule has 40 heavy (non-hydrogen) atoms. The minimum absolute atomic E-state index is 0.246. The molecule has 1 N–H and O–H groups in total. The van der Waals surface area contributed by atoms with Crippen molar-refractivity contribution in [3.05, 3.63) is 24.0 Å². The van der Waals surface area contributed by atoms with E-state index in [2.05, 4.69) is 22.1 Å². The van der Waals surface area contributed by atoms with Crippen molar-refractivity contribution >= 4 is 34.8 Å². The molecule has 2 aromatic rings. The fourth-order valence-electron chi connectivity index (χ4n) is 6.10. The van der Waals surface area contributed by atoms with Crippen LogP contribution in [0.2, 0.25) is 0 Å². The van der Waals surface area contributed by atoms with Gasteiger partial charge in [-0.15, -0.1) is 0 Å². The SMILES string of the molecule is CCc1cn(C2CCN(CC3CCN(C(=O)OC(C)(C)C)CC3)C[C@H]2F)c2ncc(N3CCC(=O)NC3=O)cc12. The van der Waals surface area contributed by atoms with E-state index in [4.69, 9.17) is 4.74 Å². The molecule has 0 bridgehead atoms. The predicted molar refractivity (Wildman–Crippen MR) is 150 cm³/mol. The molecule has 0 aromatic carbocycles. The summed E-state index contributed by atoms with van der Waals surface area (Å²) in [6.45, 7) is 11.4. The summed E-state index contributed by atoms with van der Waals surface area (Å²) in [5.74, 6) is 0.159. The number of carbonyl (C=O) groups is 3. The van der Waals surface area contributed by atoms with Gasteiger partial charge in [0.25, 0.3) is 0 Å². The zero-order valence-corrected chi connectivity index (χ0v) is 24.0. The second-order valence-corrected chi connectivity index (χ2v) is 12.3. The summed E-state index contributed by atoms with van der Waals surface area (Å²) in [5.41, 5.74) is 1.92. The van der Waals surface area contributed by atoms with Gasteiger partial charge in [-0.1, -0.05) is 6.92 Å². The lowest BCUT2D eigenvalue weighted by Gasteiger charge is -2.39. The van der Waals surface area contributed by atoms with Crippen LogP contribution in [-0.4, -0.2) is 88.4 Å². The van der Waals surface area contributed by atoms with Crippen LogP contribution in [0.4, 0.5) is 19.7 Å². The van der Waals surface area contributed by atoms with Crippen molar-refractivity contribution in [3.8, 4) is 0 Å². The third-order valence-corrected chi connectivity index (χ3v) is 8.22. The molecule has 2 aromatic heterocycles. The summed E-state index contributed by atoms with van der Waals surface area (Å²) in [6.07, 6.45) is 5.85. The second kappa shape index (κ2) is 11.3. The van der Waals surface area contributed by atoms with Gasteiger partial charge in [-0.2, -0.15) is 0 Å². The first-order chi connectivity index (χ1) is 19.0. The Morgan fingerprint density at radius 3 is 2.55 bits per heavy atom. The normalized spacial score (nSPS) is 23.5. The summed E-state index contributed by atoms with van der Waals surface area (Å²) < 4.78 is 23.2. The first kappa shape index (κ1) is 28.3. The first-order valence-electron chi connectivity index (χ1n) is 14.5. The molecule has 0 aliphatic carbocycles. The minimum Gasteiger partial charge on any atom is -0.444 e. The molecule has 3 aliphatic rings. The molecule has 3 saturated heterocycles. The Hall–Kier alpha value is -3.21. The minimum atomic E-state index is -1.03. The molecule has 3 aliphatic heterocycles. The molecular formula is C29H41FN6O4. The topological polar surface area (TPSA) is 100 Å². The Morgan fingerprint density at radius 1 is 1.15 bits per heavy atom. The lowest BCUT2D eigenvalue weighted by Crippen LogP contribution is -2.49. The molecule has 11 heteroatoms. The standard InChI is InChI=1S/C29H41FN6O4/c1-5-20-17-36(26-22(20)14-21(15-31-26)35-13-9-25(37)32-27(35)38)24-8-10-33(18-23(24)30)16-19-6-11-34(12-7-19)28(39)40-29(2,3)4/h14-15,17,19,23-24H,5-13,16,18H2,1-4H3,(H,32,37,38)/t23-,24?/m1/s1. The van der Waals surface area contributed by atoms with Gasteiger partial charge >= 0.3 is 12.1 Å². The van der Waals surface area contributed by atoms with Crippen LogP contribution in [0, 0.1) is 5.92 Å². The number of amides is 4. The summed E-state index contributed by atoms with van der Waals surface area (Å²) >= 11 is 0. The number of aryl methyl sites for hydroxylation is 1. The number of pyridine rings is 1. The molecule has 0 saturated carbocycles. The fraction of sp³-hybridized carbons (Fsp3) is 0.655. The van der Waals surface area contributed by atoms with Gasteiger partial charge in [0.15, 0.2) is 0 Å². The molecule has 5 rings (SSSR count). The van der Waals surface area contributed by atoms with Crippen LogP contribution in [0.25, 0.3) is 11.0 Å². The third kappa shape index (κ3) is 6.09. The number of anilines is 1. The van der Waals surface area contributed by atoms with Crippen molar-refractivity contribution in [3.63, 3.8) is 0 Å². The van der Waals surface area contributed by atoms with Crippen LogP contribution < -0.4 is 10.2 Å². The fourth-order valence-corrected chi connectivity index (χ4v) is 6.10. The van der Waals surface area contributed by atoms with E-state index in [1.807, 2.05) is 37.6 Å². The van der Waals surface area contributed by atoms with Gasteiger partial charge in [-0.3, -0.25) is 15.0 Å². The smallest absolute Gasteiger partial charge is 0.410 e. The molecule has 4 amide bonds. The number of fused-ring (bicyclic) bond motifs is 1. The summed E-state index contributed by atoms with van der Waals surface area (Å²) in [6, 6.07) is 1.18. The average molecular weight is 557 g/mol. The Labute approximate surface area is 234 Å². The van der Waals surface area contributed by atoms with E-state index in [0.29, 0.717) is 44.2 Å². The number of hydrogen-bond donors (Lipinski definition) is 1. The van der Waals surface area contributed by atoms with E-state index >= 15 is 4.39 Å². The molecular weight excluding hydrogens is 515 g/mol. The molecule has 2 atom stereocenters. The second-order valence-electron chi connectivity index (χ2n) is 12.3. The molecule has 10 nitrogen and oxygen atoms in total. The quantitative estimate of drug-likeness (QED) is 0.590. The Bertz CT molecular complexity index is 1270. The van der Waals surface area contributed by atoms with Crippen molar-refractivity contribution in [1.29, 1.82) is 0 Å². The molecule has 1 unspecified atom stereocenters. The van der Waals surface area contributed by atoms with Crippen LogP contribution in [0.5, 0.6) is 0 Å². The number of piperidine rings is 2. The van der Waals surface area contributed by atoms with E-state index < -0.39 is 17.8 Å². The van der Waals surface area contributed by atoms with E-state index in [9.17, 15) is 14.4 Å². The number of halogens is 1. The summed E-state index contributed by atoms with van der Waals surface area (Å²) in [5, 5.41) is 3.27. The summed E-state index contributed by atoms with van der Waals surface area (Å²) in [7, 11) is 0. The van der Waals surface area contributed by atoms with E-state index in [1.54, 1.807) is 11.1 Å². The molecule has 3 fully saturated rings. The maximum atomic E-state index is 15.7. The number of nitrogens with one attached hydrogen (secondary N) is 1. The van der Waals surface area contributed by atoms with Crippen LogP contribution in [0.3, 0.4) is 0 Å². The van der Waals surface area contributed by atoms with E-state index in [0.717, 1.165) is 48.9 Å². The Morgan fingerprint density at radius 2 is 1.90 bits per heavy atom. The highest BCUT2D eigenvalue weighted by atomic mass is 19.1. The van der Waals surface area contributed by atoms with Gasteiger partial charge in [0.05, 0.1) is 17.9 Å². The number of carbonyl (C=O) groups excluding carboxylic acids is 3. The van der Waals surface area contributed by atoms with Gasteiger partial charge < -0.3 is 19.1 Å². The number of rotatable bonds is 5. The summed E-state index contributed by atoms with van der Waals surface area (Å²) in [4.78, 5) is 46.5. The lowest BCUT2D eigenvalue weighted by molar-refractivity contribution is -0.120. The van der Waals surface area contributed by atoms with Crippen molar-refractivity contribution in [2.75, 3.05) is 44.2 Å². The number of ether oxygens (including phenoxy) is 1. The number of likely N-dealkylation sites (tertiary alicyclic amines) is 2. The molecule has 218 valence electrons. The zero-order chi connectivity index (χ0) is 28.6. The van der Waals surface area contributed by atoms with Crippen LogP contribution >= 0.6 is 0 Å². The van der Waals surface area contributed by atoms with Crippen molar-refractivity contribution in [2.45, 2.75) is 77.6 Å². The highest BCUT2D eigenvalue weighted by molar-refractivity contribution is 6.06. The number of urea groups is 1. The highest BCUT2D eigenvalue weighted by Crippen LogP contribution is 2.34. The van der Waals surface area contributed by atoms with Crippen molar-refractivity contribution < 1.29 is 23.5 Å². The third-order valence-electron chi connectivity index (χ3n) is 8.22. The van der Waals surface area contributed by atoms with E-state index in [-0.39, 0.29) is 24.5 Å². The van der Waals surface area contributed by atoms with Crippen molar-refractivity contribution in [2.24, 2.45) is 5.92 Å². The Kier molecular flexibility index (Phi) is 8.03. The Balaban J connectivity index is 1.21. The zero-order valence-electron chi connectivity index (χ0n) is 24.0. The number of alkyl halides is 1. The van der Waals surface area contributed by atoms with Crippen LogP contribution in [0.1, 0.15) is 65.0 Å². The largest absolute Gasteiger partial charge is 0.444 e. The maximum Gasteiger partial charge on any atom is 0.410 e. The van der Waals surface area contributed by atoms with Crippen LogP contribution in [0.15, 0.2) is 18.5 Å². The maximum absolute atomic E-state index is 15.7. The monoisotopic (exact) mass is 556 g/mol. The molecule has 0 radical (unpaired) electrons. The van der Waals surface area contributed by atoms with Gasteiger partial charge in [0, 0.05) is 57.3 Å². The van der Waals surface area contributed by atoms with E-state index in [1.165, 1.54) is 4.90 Å². The number of nitrogens with zero attached hydrogens (tertiary/aromatic N) is 5. The predicted octanol–water partition coefficient (Wildman–Crippen LogP) is 4.28. The van der Waals surface area contributed by atoms with Crippen molar-refractivity contribution in [1.82, 2.24) is 24.7 Å². The van der Waals surface area contributed by atoms with Crippen LogP contribution in [-0.2, 0) is 16.0 Å².